The van der Waals surface area contributed by atoms with E-state index in [1.165, 1.54) is 0 Å². The fourth-order valence-corrected chi connectivity index (χ4v) is 2.13. The molecule has 1 heterocycles. The minimum atomic E-state index is -0.0333. The molecule has 20 heavy (non-hydrogen) atoms. The molecule has 0 saturated carbocycles. The summed E-state index contributed by atoms with van der Waals surface area (Å²) in [6.45, 7) is 10.9. The highest BCUT2D eigenvalue weighted by atomic mass is 16.1. The quantitative estimate of drug-likeness (QED) is 0.788. The molecule has 1 aromatic rings. The topological polar surface area (TPSA) is 50.2 Å². The van der Waals surface area contributed by atoms with Crippen LogP contribution in [0.5, 0.6) is 0 Å². The molecule has 0 aliphatic carbocycles. The number of nitrogens with one attached hydrogen (secondary N) is 1. The Hall–Kier alpha value is -1.36. The molecule has 5 heteroatoms. The van der Waals surface area contributed by atoms with Crippen LogP contribution < -0.4 is 15.8 Å². The van der Waals surface area contributed by atoms with Crippen molar-refractivity contribution in [2.45, 2.75) is 46.7 Å². The van der Waals surface area contributed by atoms with Crippen LogP contribution in [0.3, 0.4) is 0 Å². The Morgan fingerprint density at radius 2 is 2.10 bits per heavy atom. The summed E-state index contributed by atoms with van der Waals surface area (Å²) in [5.41, 5.74) is 0.839. The average Bonchev–Trinajstić information content (AvgIpc) is 2.46. The first-order chi connectivity index (χ1) is 9.53. The summed E-state index contributed by atoms with van der Waals surface area (Å²) >= 11 is 0. The van der Waals surface area contributed by atoms with Gasteiger partial charge in [0.2, 0.25) is 0 Å². The molecule has 1 aromatic heterocycles. The van der Waals surface area contributed by atoms with E-state index >= 15 is 0 Å². The number of hydrogen-bond donors (Lipinski definition) is 1. The summed E-state index contributed by atoms with van der Waals surface area (Å²) in [5, 5.41) is 7.76. The number of rotatable bonds is 8. The molecule has 0 radical (unpaired) electrons. The zero-order valence-corrected chi connectivity index (χ0v) is 13.4. The normalized spacial score (nSPS) is 14.1. The van der Waals surface area contributed by atoms with Crippen LogP contribution in [0, 0.1) is 5.92 Å². The van der Waals surface area contributed by atoms with Crippen LogP contribution >= 0.6 is 0 Å². The van der Waals surface area contributed by atoms with Crippen molar-refractivity contribution in [1.82, 2.24) is 15.1 Å². The summed E-state index contributed by atoms with van der Waals surface area (Å²) in [7, 11) is 1.96. The molecule has 0 saturated heterocycles. The molecule has 5 nitrogen and oxygen atoms in total. The van der Waals surface area contributed by atoms with E-state index in [1.807, 2.05) is 11.9 Å². The van der Waals surface area contributed by atoms with Gasteiger partial charge in [0.05, 0.1) is 18.4 Å². The molecular weight excluding hydrogens is 252 g/mol. The number of aromatic nitrogens is 2. The zero-order chi connectivity index (χ0) is 15.1. The molecule has 0 spiro atoms. The second kappa shape index (κ2) is 8.04. The van der Waals surface area contributed by atoms with Gasteiger partial charge in [-0.3, -0.25) is 4.79 Å². The average molecular weight is 280 g/mol. The molecule has 114 valence electrons. The smallest absolute Gasteiger partial charge is 0.268 e. The molecule has 1 N–H and O–H groups in total. The number of likely N-dealkylation sites (N-methyl/N-ethyl adjacent to an activating group) is 1. The summed E-state index contributed by atoms with van der Waals surface area (Å²) in [6.07, 6.45) is 2.85. The van der Waals surface area contributed by atoms with Gasteiger partial charge in [-0.2, -0.15) is 5.10 Å². The number of hydrogen-bond acceptors (Lipinski definition) is 4. The van der Waals surface area contributed by atoms with Gasteiger partial charge in [-0.15, -0.1) is 0 Å². The lowest BCUT2D eigenvalue weighted by molar-refractivity contribution is 0.318. The van der Waals surface area contributed by atoms with Crippen molar-refractivity contribution >= 4 is 5.69 Å². The van der Waals surface area contributed by atoms with Gasteiger partial charge in [-0.1, -0.05) is 27.2 Å². The van der Waals surface area contributed by atoms with Crippen LogP contribution in [0.25, 0.3) is 0 Å². The third-order valence-corrected chi connectivity index (χ3v) is 3.94. The Morgan fingerprint density at radius 1 is 1.40 bits per heavy atom. The second-order valence-electron chi connectivity index (χ2n) is 5.30. The molecule has 0 amide bonds. The predicted octanol–water partition coefficient (Wildman–Crippen LogP) is 1.72. The van der Waals surface area contributed by atoms with Crippen molar-refractivity contribution in [2.75, 3.05) is 25.0 Å². The SMILES string of the molecule is CCNC(Cn1ncc(N(C)CC)cc1=O)C(C)CC. The lowest BCUT2D eigenvalue weighted by Crippen LogP contribution is -2.41. The number of anilines is 1. The molecule has 0 bridgehead atoms. The first kappa shape index (κ1) is 16.7. The Bertz CT molecular complexity index is 457. The van der Waals surface area contributed by atoms with E-state index < -0.39 is 0 Å². The zero-order valence-electron chi connectivity index (χ0n) is 13.4. The Labute approximate surface area is 122 Å². The van der Waals surface area contributed by atoms with Gasteiger partial charge in [0.1, 0.15) is 0 Å². The van der Waals surface area contributed by atoms with Crippen molar-refractivity contribution in [3.05, 3.63) is 22.6 Å². The van der Waals surface area contributed by atoms with Crippen LogP contribution in [-0.2, 0) is 6.54 Å². The van der Waals surface area contributed by atoms with Gasteiger partial charge in [-0.25, -0.2) is 4.68 Å². The molecule has 0 aromatic carbocycles. The minimum Gasteiger partial charge on any atom is -0.373 e. The van der Waals surface area contributed by atoms with Crippen molar-refractivity contribution in [3.63, 3.8) is 0 Å². The fourth-order valence-electron chi connectivity index (χ4n) is 2.13. The van der Waals surface area contributed by atoms with E-state index in [4.69, 9.17) is 0 Å². The monoisotopic (exact) mass is 280 g/mol. The van der Waals surface area contributed by atoms with E-state index in [2.05, 4.69) is 38.1 Å². The highest BCUT2D eigenvalue weighted by molar-refractivity contribution is 5.41. The van der Waals surface area contributed by atoms with E-state index in [1.54, 1.807) is 16.9 Å². The Balaban J connectivity index is 2.88. The third-order valence-electron chi connectivity index (χ3n) is 3.94. The van der Waals surface area contributed by atoms with Crippen LogP contribution in [-0.4, -0.2) is 36.0 Å². The van der Waals surface area contributed by atoms with Gasteiger partial charge in [0.25, 0.3) is 5.56 Å². The lowest BCUT2D eigenvalue weighted by atomic mass is 9.99. The summed E-state index contributed by atoms with van der Waals surface area (Å²) in [6, 6.07) is 1.95. The Kier molecular flexibility index (Phi) is 6.71. The van der Waals surface area contributed by atoms with E-state index in [0.29, 0.717) is 12.5 Å². The fraction of sp³-hybridized carbons (Fsp3) is 0.733. The summed E-state index contributed by atoms with van der Waals surface area (Å²) < 4.78 is 1.56. The van der Waals surface area contributed by atoms with Gasteiger partial charge in [0, 0.05) is 25.7 Å². The van der Waals surface area contributed by atoms with E-state index in [9.17, 15) is 4.79 Å². The molecule has 2 unspecified atom stereocenters. The van der Waals surface area contributed by atoms with Crippen LogP contribution in [0.2, 0.25) is 0 Å². The lowest BCUT2D eigenvalue weighted by Gasteiger charge is -2.24. The largest absolute Gasteiger partial charge is 0.373 e. The molecule has 0 aliphatic heterocycles. The molecule has 0 aliphatic rings. The first-order valence-electron chi connectivity index (χ1n) is 7.55. The van der Waals surface area contributed by atoms with Crippen LogP contribution in [0.4, 0.5) is 5.69 Å². The van der Waals surface area contributed by atoms with E-state index in [-0.39, 0.29) is 11.6 Å². The molecule has 2 atom stereocenters. The predicted molar refractivity (Wildman–Crippen MR) is 84.4 cm³/mol. The standard InChI is InChI=1S/C15H28N4O/c1-6-12(4)14(16-7-2)11-19-15(20)9-13(10-17-19)18(5)8-3/h9-10,12,14,16H,6-8,11H2,1-5H3. The highest BCUT2D eigenvalue weighted by Crippen LogP contribution is 2.10. The van der Waals surface area contributed by atoms with Crippen molar-refractivity contribution < 1.29 is 0 Å². The van der Waals surface area contributed by atoms with Gasteiger partial charge >= 0.3 is 0 Å². The van der Waals surface area contributed by atoms with Gasteiger partial charge in [0.15, 0.2) is 0 Å². The molecular formula is C15H28N4O. The van der Waals surface area contributed by atoms with Crippen molar-refractivity contribution in [1.29, 1.82) is 0 Å². The van der Waals surface area contributed by atoms with Gasteiger partial charge in [-0.05, 0) is 19.4 Å². The summed E-state index contributed by atoms with van der Waals surface area (Å²) in [5.74, 6) is 0.515. The first-order valence-corrected chi connectivity index (χ1v) is 7.55. The maximum Gasteiger partial charge on any atom is 0.268 e. The molecule has 1 rings (SSSR count). The van der Waals surface area contributed by atoms with Crippen molar-refractivity contribution in [3.8, 4) is 0 Å². The molecule has 0 fully saturated rings. The highest BCUT2D eigenvalue weighted by Gasteiger charge is 2.16. The van der Waals surface area contributed by atoms with Gasteiger partial charge < -0.3 is 10.2 Å². The minimum absolute atomic E-state index is 0.0333. The summed E-state index contributed by atoms with van der Waals surface area (Å²) in [4.78, 5) is 14.2. The number of nitrogens with zero attached hydrogens (tertiary/aromatic N) is 3. The maximum atomic E-state index is 12.2. The maximum absolute atomic E-state index is 12.2. The van der Waals surface area contributed by atoms with Crippen LogP contribution in [0.15, 0.2) is 17.1 Å². The second-order valence-corrected chi connectivity index (χ2v) is 5.30. The van der Waals surface area contributed by atoms with E-state index in [0.717, 1.165) is 25.2 Å². The third kappa shape index (κ3) is 4.34. The Morgan fingerprint density at radius 3 is 2.60 bits per heavy atom. The van der Waals surface area contributed by atoms with Crippen molar-refractivity contribution in [2.24, 2.45) is 5.92 Å². The van der Waals surface area contributed by atoms with Crippen LogP contribution in [0.1, 0.15) is 34.1 Å².